The first-order valence-electron chi connectivity index (χ1n) is 6.50. The molecule has 0 radical (unpaired) electrons. The van der Waals surface area contributed by atoms with Gasteiger partial charge in [-0.05, 0) is 30.5 Å². The summed E-state index contributed by atoms with van der Waals surface area (Å²) in [4.78, 5) is 24.8. The van der Waals surface area contributed by atoms with Crippen molar-refractivity contribution in [3.05, 3.63) is 34.9 Å². The predicted octanol–water partition coefficient (Wildman–Crippen LogP) is 3.01. The van der Waals surface area contributed by atoms with Gasteiger partial charge in [0.05, 0.1) is 5.92 Å². The summed E-state index contributed by atoms with van der Waals surface area (Å²) in [7, 11) is 1.52. The number of aliphatic carboxylic acids is 1. The summed E-state index contributed by atoms with van der Waals surface area (Å²) in [5, 5.41) is 9.62. The monoisotopic (exact) mass is 297 g/mol. The van der Waals surface area contributed by atoms with Crippen molar-refractivity contribution in [2.75, 3.05) is 7.05 Å². The number of carboxylic acids is 1. The Hall–Kier alpha value is -1.55. The molecule has 110 valence electrons. The minimum absolute atomic E-state index is 0.0621. The van der Waals surface area contributed by atoms with E-state index in [-0.39, 0.29) is 17.7 Å². The van der Waals surface area contributed by atoms with Crippen LogP contribution in [0, 0.1) is 5.92 Å². The molecule has 0 aromatic heterocycles. The molecule has 0 fully saturated rings. The molecule has 1 rings (SSSR count). The normalized spacial score (nSPS) is 13.9. The molecule has 5 heteroatoms. The van der Waals surface area contributed by atoms with Crippen LogP contribution in [0.1, 0.15) is 32.3 Å². The maximum Gasteiger partial charge on any atom is 0.326 e. The Morgan fingerprint density at radius 1 is 1.15 bits per heavy atom. The minimum Gasteiger partial charge on any atom is -0.480 e. The van der Waals surface area contributed by atoms with Crippen molar-refractivity contribution in [2.45, 2.75) is 32.7 Å². The Labute approximate surface area is 124 Å². The van der Waals surface area contributed by atoms with Crippen molar-refractivity contribution in [3.63, 3.8) is 0 Å². The third kappa shape index (κ3) is 3.73. The Bertz CT molecular complexity index is 484. The topological polar surface area (TPSA) is 57.6 Å². The molecule has 1 amide bonds. The highest BCUT2D eigenvalue weighted by atomic mass is 35.5. The molecule has 1 aromatic rings. The average molecular weight is 298 g/mol. The van der Waals surface area contributed by atoms with Gasteiger partial charge in [0.1, 0.15) is 6.04 Å². The van der Waals surface area contributed by atoms with Gasteiger partial charge in [0.25, 0.3) is 0 Å². The minimum atomic E-state index is -1.01. The van der Waals surface area contributed by atoms with E-state index < -0.39 is 12.0 Å². The van der Waals surface area contributed by atoms with Crippen LogP contribution in [0.2, 0.25) is 5.02 Å². The molecule has 0 aliphatic heterocycles. The van der Waals surface area contributed by atoms with Crippen LogP contribution < -0.4 is 0 Å². The quantitative estimate of drug-likeness (QED) is 0.909. The predicted molar refractivity (Wildman–Crippen MR) is 78.9 cm³/mol. The molecule has 0 bridgehead atoms. The van der Waals surface area contributed by atoms with E-state index in [2.05, 4.69) is 0 Å². The van der Waals surface area contributed by atoms with E-state index in [1.165, 1.54) is 18.9 Å². The highest BCUT2D eigenvalue weighted by Gasteiger charge is 2.31. The number of halogens is 1. The lowest BCUT2D eigenvalue weighted by molar-refractivity contribution is -0.149. The van der Waals surface area contributed by atoms with Gasteiger partial charge in [-0.3, -0.25) is 4.79 Å². The zero-order valence-corrected chi connectivity index (χ0v) is 12.9. The summed E-state index contributed by atoms with van der Waals surface area (Å²) in [5.41, 5.74) is 0.846. The van der Waals surface area contributed by atoms with Gasteiger partial charge in [-0.25, -0.2) is 4.79 Å². The lowest BCUT2D eigenvalue weighted by Crippen LogP contribution is -2.43. The molecule has 1 N–H and O–H groups in total. The summed E-state index contributed by atoms with van der Waals surface area (Å²) >= 11 is 5.86. The number of carbonyl (C=O) groups excluding carboxylic acids is 1. The van der Waals surface area contributed by atoms with E-state index in [1.54, 1.807) is 12.1 Å². The van der Waals surface area contributed by atoms with Crippen LogP contribution in [0.15, 0.2) is 24.3 Å². The number of hydrogen-bond donors (Lipinski definition) is 1. The average Bonchev–Trinajstić information content (AvgIpc) is 2.38. The lowest BCUT2D eigenvalue weighted by Gasteiger charge is -2.29. The van der Waals surface area contributed by atoms with Crippen LogP contribution in [0.3, 0.4) is 0 Å². The Balaban J connectivity index is 3.05. The van der Waals surface area contributed by atoms with Crippen molar-refractivity contribution < 1.29 is 14.7 Å². The Kier molecular flexibility index (Phi) is 5.57. The summed E-state index contributed by atoms with van der Waals surface area (Å²) in [6, 6.07) is 6.24. The molecule has 20 heavy (non-hydrogen) atoms. The van der Waals surface area contributed by atoms with Gasteiger partial charge in [0.2, 0.25) is 5.91 Å². The second-order valence-electron chi connectivity index (χ2n) is 5.24. The van der Waals surface area contributed by atoms with Crippen molar-refractivity contribution in [1.29, 1.82) is 0 Å². The molecule has 2 unspecified atom stereocenters. The smallest absolute Gasteiger partial charge is 0.326 e. The molecule has 0 heterocycles. The first-order chi connectivity index (χ1) is 9.25. The molecule has 0 aliphatic rings. The summed E-state index contributed by atoms with van der Waals surface area (Å²) in [6.45, 7) is 5.38. The fourth-order valence-electron chi connectivity index (χ4n) is 2.06. The standard InChI is InChI=1S/C15H20ClNO3/c1-9(2)13(11-5-7-12(16)8-6-11)14(18)17(4)10(3)15(19)20/h5-10,13H,1-4H3,(H,19,20). The SMILES string of the molecule is CC(C)C(C(=O)N(C)C(C)C(=O)O)c1ccc(Cl)cc1. The van der Waals surface area contributed by atoms with E-state index >= 15 is 0 Å². The second kappa shape index (κ2) is 6.75. The third-order valence-electron chi connectivity index (χ3n) is 3.45. The van der Waals surface area contributed by atoms with Crippen LogP contribution in [0.5, 0.6) is 0 Å². The number of carboxylic acid groups (broad SMARTS) is 1. The number of nitrogens with zero attached hydrogens (tertiary/aromatic N) is 1. The van der Waals surface area contributed by atoms with Crippen LogP contribution >= 0.6 is 11.6 Å². The molecule has 0 spiro atoms. The fraction of sp³-hybridized carbons (Fsp3) is 0.467. The molecule has 0 saturated heterocycles. The highest BCUT2D eigenvalue weighted by molar-refractivity contribution is 6.30. The zero-order valence-electron chi connectivity index (χ0n) is 12.1. The largest absolute Gasteiger partial charge is 0.480 e. The number of likely N-dealkylation sites (N-methyl/N-ethyl adjacent to an activating group) is 1. The van der Waals surface area contributed by atoms with E-state index in [4.69, 9.17) is 16.7 Å². The van der Waals surface area contributed by atoms with E-state index in [9.17, 15) is 9.59 Å². The van der Waals surface area contributed by atoms with Crippen LogP contribution in [0.4, 0.5) is 0 Å². The number of rotatable bonds is 5. The van der Waals surface area contributed by atoms with Gasteiger partial charge < -0.3 is 10.0 Å². The highest BCUT2D eigenvalue weighted by Crippen LogP contribution is 2.28. The molecular weight excluding hydrogens is 278 g/mol. The number of carbonyl (C=O) groups is 2. The molecule has 0 aliphatic carbocycles. The second-order valence-corrected chi connectivity index (χ2v) is 5.67. The van der Waals surface area contributed by atoms with Crippen molar-refractivity contribution in [1.82, 2.24) is 4.90 Å². The van der Waals surface area contributed by atoms with Crippen LogP contribution in [0.25, 0.3) is 0 Å². The Morgan fingerprint density at radius 3 is 2.05 bits per heavy atom. The Morgan fingerprint density at radius 2 is 1.65 bits per heavy atom. The number of amides is 1. The number of hydrogen-bond acceptors (Lipinski definition) is 2. The van der Waals surface area contributed by atoms with E-state index in [0.29, 0.717) is 5.02 Å². The molecule has 4 nitrogen and oxygen atoms in total. The molecule has 0 saturated carbocycles. The lowest BCUT2D eigenvalue weighted by atomic mass is 9.87. The van der Waals surface area contributed by atoms with Crippen molar-refractivity contribution >= 4 is 23.5 Å². The van der Waals surface area contributed by atoms with E-state index in [0.717, 1.165) is 5.56 Å². The van der Waals surface area contributed by atoms with Gasteiger partial charge in [-0.15, -0.1) is 0 Å². The van der Waals surface area contributed by atoms with Gasteiger partial charge in [0, 0.05) is 12.1 Å². The van der Waals surface area contributed by atoms with Crippen molar-refractivity contribution in [2.24, 2.45) is 5.92 Å². The summed E-state index contributed by atoms with van der Waals surface area (Å²) in [5.74, 6) is -1.53. The van der Waals surface area contributed by atoms with Gasteiger partial charge >= 0.3 is 5.97 Å². The van der Waals surface area contributed by atoms with Gasteiger partial charge in [-0.1, -0.05) is 37.6 Å². The zero-order chi connectivity index (χ0) is 15.4. The summed E-state index contributed by atoms with van der Waals surface area (Å²) in [6.07, 6.45) is 0. The van der Waals surface area contributed by atoms with Crippen LogP contribution in [-0.4, -0.2) is 35.0 Å². The first kappa shape index (κ1) is 16.5. The first-order valence-corrected chi connectivity index (χ1v) is 6.88. The number of benzene rings is 1. The van der Waals surface area contributed by atoms with Crippen LogP contribution in [-0.2, 0) is 9.59 Å². The van der Waals surface area contributed by atoms with Gasteiger partial charge in [-0.2, -0.15) is 0 Å². The van der Waals surface area contributed by atoms with Gasteiger partial charge in [0.15, 0.2) is 0 Å². The fourth-order valence-corrected chi connectivity index (χ4v) is 2.18. The molecule has 1 aromatic carbocycles. The molecular formula is C15H20ClNO3. The molecule has 2 atom stereocenters. The van der Waals surface area contributed by atoms with E-state index in [1.807, 2.05) is 26.0 Å². The maximum atomic E-state index is 12.5. The van der Waals surface area contributed by atoms with Crippen molar-refractivity contribution in [3.8, 4) is 0 Å². The third-order valence-corrected chi connectivity index (χ3v) is 3.70. The summed E-state index contributed by atoms with van der Waals surface area (Å²) < 4.78 is 0. The maximum absolute atomic E-state index is 12.5.